The van der Waals surface area contributed by atoms with Crippen molar-refractivity contribution in [1.82, 2.24) is 15.3 Å². The Bertz CT molecular complexity index is 1070. The monoisotopic (exact) mass is 362 g/mol. The third-order valence-corrected chi connectivity index (χ3v) is 5.05. The average Bonchev–Trinajstić information content (AvgIpc) is 2.72. The number of aromatic nitrogens is 2. The highest BCUT2D eigenvalue weighted by atomic mass is 16.6. The summed E-state index contributed by atoms with van der Waals surface area (Å²) < 4.78 is 10.6. The lowest BCUT2D eigenvalue weighted by atomic mass is 9.99. The van der Waals surface area contributed by atoms with E-state index in [-0.39, 0.29) is 12.7 Å². The van der Waals surface area contributed by atoms with Crippen LogP contribution in [0.5, 0.6) is 5.88 Å². The van der Waals surface area contributed by atoms with Gasteiger partial charge in [0.05, 0.1) is 18.5 Å². The average molecular weight is 362 g/mol. The molecule has 0 saturated carbocycles. The molecule has 1 aromatic carbocycles. The van der Waals surface area contributed by atoms with Gasteiger partial charge < -0.3 is 14.8 Å². The van der Waals surface area contributed by atoms with Crippen LogP contribution in [0.2, 0.25) is 0 Å². The van der Waals surface area contributed by atoms with E-state index in [1.807, 2.05) is 12.1 Å². The van der Waals surface area contributed by atoms with Crippen LogP contribution in [0.25, 0.3) is 11.0 Å². The third kappa shape index (κ3) is 2.59. The molecule has 7 nitrogen and oxygen atoms in total. The number of amides is 1. The Labute approximate surface area is 155 Å². The molecule has 0 bridgehead atoms. The molecule has 0 aliphatic carbocycles. The number of benzene rings is 1. The number of methoxy groups -OCH3 is 1. The highest BCUT2D eigenvalue weighted by Gasteiger charge is 2.30. The Balaban J connectivity index is 1.70. The van der Waals surface area contributed by atoms with Gasteiger partial charge in [-0.25, -0.2) is 14.7 Å². The molecule has 2 aliphatic heterocycles. The number of hydrogen-bond donors (Lipinski definition) is 1. The van der Waals surface area contributed by atoms with Gasteiger partial charge in [0.1, 0.15) is 6.61 Å². The van der Waals surface area contributed by atoms with Crippen molar-refractivity contribution in [1.29, 1.82) is 0 Å². The molecule has 0 spiro atoms. The molecule has 3 aromatic rings. The molecule has 2 aromatic heterocycles. The Morgan fingerprint density at radius 2 is 2.11 bits per heavy atom. The number of carbonyl (C=O) groups is 1. The highest BCUT2D eigenvalue weighted by molar-refractivity contribution is 6.06. The second kappa shape index (κ2) is 6.21. The number of ether oxygens (including phenoxy) is 2. The maximum absolute atomic E-state index is 12.7. The molecule has 5 rings (SSSR count). The molecule has 2 aliphatic rings. The number of pyridine rings is 2. The van der Waals surface area contributed by atoms with Gasteiger partial charge in [-0.3, -0.25) is 0 Å². The van der Waals surface area contributed by atoms with Crippen molar-refractivity contribution in [2.75, 3.05) is 18.6 Å². The van der Waals surface area contributed by atoms with E-state index < -0.39 is 0 Å². The molecular weight excluding hydrogens is 344 g/mol. The summed E-state index contributed by atoms with van der Waals surface area (Å²) in [6.07, 6.45) is 2.26. The maximum atomic E-state index is 12.7. The zero-order valence-electron chi connectivity index (χ0n) is 14.9. The Hall–Kier alpha value is -3.19. The summed E-state index contributed by atoms with van der Waals surface area (Å²) >= 11 is 0. The van der Waals surface area contributed by atoms with Crippen molar-refractivity contribution in [3.05, 3.63) is 53.2 Å². The number of hydrogen-bond acceptors (Lipinski definition) is 6. The number of nitrogens with one attached hydrogen (secondary N) is 1. The lowest BCUT2D eigenvalue weighted by Gasteiger charge is -2.30. The largest absolute Gasteiger partial charge is 0.481 e. The normalized spacial score (nSPS) is 15.9. The second-order valence-corrected chi connectivity index (χ2v) is 6.63. The summed E-state index contributed by atoms with van der Waals surface area (Å²) in [5, 5.41) is 4.16. The van der Waals surface area contributed by atoms with Crippen molar-refractivity contribution in [2.24, 2.45) is 0 Å². The third-order valence-electron chi connectivity index (χ3n) is 5.05. The van der Waals surface area contributed by atoms with Crippen LogP contribution in [0, 0.1) is 0 Å². The van der Waals surface area contributed by atoms with E-state index in [4.69, 9.17) is 9.47 Å². The first-order chi connectivity index (χ1) is 13.2. The molecule has 0 fully saturated rings. The van der Waals surface area contributed by atoms with Gasteiger partial charge in [0.15, 0.2) is 5.65 Å². The summed E-state index contributed by atoms with van der Waals surface area (Å²) in [4.78, 5) is 23.2. The Morgan fingerprint density at radius 1 is 1.19 bits per heavy atom. The van der Waals surface area contributed by atoms with E-state index in [0.29, 0.717) is 11.5 Å². The van der Waals surface area contributed by atoms with Gasteiger partial charge in [0, 0.05) is 29.8 Å². The lowest BCUT2D eigenvalue weighted by Crippen LogP contribution is -2.32. The summed E-state index contributed by atoms with van der Waals surface area (Å²) in [5.41, 5.74) is 5.49. The van der Waals surface area contributed by atoms with Crippen molar-refractivity contribution < 1.29 is 14.3 Å². The van der Waals surface area contributed by atoms with Crippen LogP contribution in [0.4, 0.5) is 16.2 Å². The summed E-state index contributed by atoms with van der Waals surface area (Å²) in [6.45, 7) is 2.00. The van der Waals surface area contributed by atoms with Crippen molar-refractivity contribution in [3.63, 3.8) is 0 Å². The lowest BCUT2D eigenvalue weighted by molar-refractivity contribution is 0.145. The molecule has 0 radical (unpaired) electrons. The SMILES string of the molecule is COc1ccc2c3c(cnc2n1)COC(=O)N3c1ccc2c(c1)CCNC2. The first-order valence-corrected chi connectivity index (χ1v) is 8.86. The van der Waals surface area contributed by atoms with Crippen LogP contribution in [0.3, 0.4) is 0 Å². The first-order valence-electron chi connectivity index (χ1n) is 8.86. The zero-order chi connectivity index (χ0) is 18.4. The Morgan fingerprint density at radius 3 is 3.00 bits per heavy atom. The molecule has 1 amide bonds. The first kappa shape index (κ1) is 16.0. The highest BCUT2D eigenvalue weighted by Crippen LogP contribution is 2.39. The van der Waals surface area contributed by atoms with Gasteiger partial charge in [0.2, 0.25) is 5.88 Å². The predicted molar refractivity (Wildman–Crippen MR) is 100 cm³/mol. The standard InChI is InChI=1S/C20H18N4O3/c1-26-17-5-4-16-18-14(10-22-19(16)23-17)11-27-20(25)24(18)15-3-2-13-9-21-7-6-12(13)8-15/h2-5,8,10,21H,6-7,9,11H2,1H3. The van der Waals surface area contributed by atoms with Crippen molar-refractivity contribution in [3.8, 4) is 5.88 Å². The van der Waals surface area contributed by atoms with Crippen LogP contribution in [-0.2, 0) is 24.3 Å². The van der Waals surface area contributed by atoms with Gasteiger partial charge in [-0.2, -0.15) is 4.98 Å². The van der Waals surface area contributed by atoms with E-state index in [2.05, 4.69) is 27.4 Å². The van der Waals surface area contributed by atoms with Gasteiger partial charge >= 0.3 is 6.09 Å². The van der Waals surface area contributed by atoms with E-state index in [0.717, 1.165) is 41.8 Å². The molecule has 0 saturated heterocycles. The number of carbonyl (C=O) groups excluding carboxylic acids is 1. The minimum absolute atomic E-state index is 0.203. The minimum atomic E-state index is -0.389. The number of fused-ring (bicyclic) bond motifs is 4. The van der Waals surface area contributed by atoms with Crippen LogP contribution in [-0.4, -0.2) is 29.7 Å². The fourth-order valence-electron chi connectivity index (χ4n) is 3.70. The molecule has 0 unspecified atom stereocenters. The fourth-order valence-corrected chi connectivity index (χ4v) is 3.70. The number of anilines is 2. The summed E-state index contributed by atoms with van der Waals surface area (Å²) in [5.74, 6) is 0.487. The fraction of sp³-hybridized carbons (Fsp3) is 0.250. The van der Waals surface area contributed by atoms with Gasteiger partial charge in [-0.15, -0.1) is 0 Å². The van der Waals surface area contributed by atoms with Gasteiger partial charge in [0.25, 0.3) is 0 Å². The van der Waals surface area contributed by atoms with E-state index in [1.165, 1.54) is 11.1 Å². The minimum Gasteiger partial charge on any atom is -0.481 e. The molecule has 136 valence electrons. The molecule has 1 N–H and O–H groups in total. The second-order valence-electron chi connectivity index (χ2n) is 6.63. The topological polar surface area (TPSA) is 76.6 Å². The maximum Gasteiger partial charge on any atom is 0.419 e. The van der Waals surface area contributed by atoms with Crippen LogP contribution >= 0.6 is 0 Å². The van der Waals surface area contributed by atoms with Crippen molar-refractivity contribution in [2.45, 2.75) is 19.6 Å². The van der Waals surface area contributed by atoms with Crippen LogP contribution in [0.1, 0.15) is 16.7 Å². The number of cyclic esters (lactones) is 1. The molecule has 4 heterocycles. The molecule has 7 heteroatoms. The van der Waals surface area contributed by atoms with Crippen LogP contribution < -0.4 is 15.0 Å². The van der Waals surface area contributed by atoms with Gasteiger partial charge in [-0.05, 0) is 42.3 Å². The summed E-state index contributed by atoms with van der Waals surface area (Å²) in [6, 6.07) is 9.78. The zero-order valence-corrected chi connectivity index (χ0v) is 14.9. The van der Waals surface area contributed by atoms with Crippen molar-refractivity contribution >= 4 is 28.5 Å². The quantitative estimate of drug-likeness (QED) is 0.755. The molecule has 27 heavy (non-hydrogen) atoms. The van der Waals surface area contributed by atoms with E-state index in [9.17, 15) is 4.79 Å². The molecular formula is C20H18N4O3. The van der Waals surface area contributed by atoms with Gasteiger partial charge in [-0.1, -0.05) is 6.07 Å². The van der Waals surface area contributed by atoms with E-state index >= 15 is 0 Å². The predicted octanol–water partition coefficient (Wildman–Crippen LogP) is 3.07. The number of rotatable bonds is 2. The molecule has 0 atom stereocenters. The van der Waals surface area contributed by atoms with Crippen LogP contribution in [0.15, 0.2) is 36.5 Å². The summed E-state index contributed by atoms with van der Waals surface area (Å²) in [7, 11) is 1.57. The Kier molecular flexibility index (Phi) is 3.68. The smallest absolute Gasteiger partial charge is 0.419 e. The van der Waals surface area contributed by atoms with E-state index in [1.54, 1.807) is 24.3 Å². The number of nitrogens with zero attached hydrogens (tertiary/aromatic N) is 3.